The number of fused-ring (bicyclic) bond motifs is 1. The largest absolute Gasteiger partial charge is 0.507 e. The molecule has 3 aromatic carbocycles. The van der Waals surface area contributed by atoms with Crippen LogP contribution in [0.4, 0.5) is 5.69 Å². The number of thiazole rings is 1. The number of amides is 1. The molecule has 1 atom stereocenters. The minimum absolute atomic E-state index is 0.0198. The molecule has 1 amide bonds. The number of aromatic hydroxyl groups is 1. The lowest BCUT2D eigenvalue weighted by molar-refractivity contribution is -0.119. The zero-order chi connectivity index (χ0) is 21.6. The van der Waals surface area contributed by atoms with E-state index in [2.05, 4.69) is 15.3 Å². The number of thioether (sulfide) groups is 1. The van der Waals surface area contributed by atoms with Crippen molar-refractivity contribution in [3.63, 3.8) is 0 Å². The predicted molar refractivity (Wildman–Crippen MR) is 129 cm³/mol. The number of nitrogens with one attached hydrogen (secondary N) is 1. The zero-order valence-corrected chi connectivity index (χ0v) is 18.5. The molecule has 0 saturated heterocycles. The van der Waals surface area contributed by atoms with Gasteiger partial charge in [0.1, 0.15) is 5.75 Å². The Labute approximate surface area is 188 Å². The highest BCUT2D eigenvalue weighted by Crippen LogP contribution is 2.32. The van der Waals surface area contributed by atoms with Crippen molar-refractivity contribution in [3.8, 4) is 5.75 Å². The number of carbonyl (C=O) groups excluding carboxylic acids is 1. The molecule has 2 N–H and O–H groups in total. The smallest absolute Gasteiger partial charge is 0.230 e. The summed E-state index contributed by atoms with van der Waals surface area (Å²) >= 11 is 2.98. The highest BCUT2D eigenvalue weighted by molar-refractivity contribution is 8.01. The molecule has 1 aromatic heterocycles. The van der Waals surface area contributed by atoms with Gasteiger partial charge in [0.15, 0.2) is 4.34 Å². The number of phenolic OH excluding ortho intramolecular Hbond substituents is 1. The molecule has 1 heterocycles. The lowest BCUT2D eigenvalue weighted by atomic mass is 10.1. The van der Waals surface area contributed by atoms with Gasteiger partial charge in [-0.1, -0.05) is 54.2 Å². The van der Waals surface area contributed by atoms with Gasteiger partial charge in [-0.15, -0.1) is 11.3 Å². The number of nitrogens with zero attached hydrogens (tertiary/aromatic N) is 2. The third kappa shape index (κ3) is 5.51. The molecule has 0 radical (unpaired) electrons. The van der Waals surface area contributed by atoms with Crippen molar-refractivity contribution < 1.29 is 9.90 Å². The third-order valence-corrected chi connectivity index (χ3v) is 6.81. The Balaban J connectivity index is 1.38. The van der Waals surface area contributed by atoms with E-state index in [1.807, 2.05) is 67.6 Å². The van der Waals surface area contributed by atoms with Gasteiger partial charge in [-0.3, -0.25) is 9.79 Å². The Morgan fingerprint density at radius 1 is 1.16 bits per heavy atom. The van der Waals surface area contributed by atoms with Crippen LogP contribution >= 0.6 is 23.1 Å². The SMILES string of the molecule is CC(NC(=O)CSc1nc2ccc(N=Cc3ccccc3O)cc2s1)c1ccccc1. The van der Waals surface area contributed by atoms with E-state index in [0.29, 0.717) is 11.3 Å². The van der Waals surface area contributed by atoms with E-state index in [0.717, 1.165) is 25.8 Å². The summed E-state index contributed by atoms with van der Waals surface area (Å²) in [6.45, 7) is 1.98. The Hall–Kier alpha value is -3.16. The average molecular weight is 448 g/mol. The molecule has 156 valence electrons. The van der Waals surface area contributed by atoms with Crippen LogP contribution in [0.25, 0.3) is 10.2 Å². The maximum Gasteiger partial charge on any atom is 0.230 e. The second-order valence-corrected chi connectivity index (χ2v) is 9.19. The van der Waals surface area contributed by atoms with Crippen LogP contribution < -0.4 is 5.32 Å². The molecular formula is C24H21N3O2S2. The van der Waals surface area contributed by atoms with Crippen molar-refractivity contribution in [2.75, 3.05) is 5.75 Å². The van der Waals surface area contributed by atoms with Crippen LogP contribution in [0.1, 0.15) is 24.1 Å². The molecule has 31 heavy (non-hydrogen) atoms. The molecule has 0 bridgehead atoms. The van der Waals surface area contributed by atoms with E-state index in [1.165, 1.54) is 11.8 Å². The Morgan fingerprint density at radius 3 is 2.74 bits per heavy atom. The summed E-state index contributed by atoms with van der Waals surface area (Å²) in [7, 11) is 0. The summed E-state index contributed by atoms with van der Waals surface area (Å²) < 4.78 is 1.85. The van der Waals surface area contributed by atoms with E-state index < -0.39 is 0 Å². The normalized spacial score (nSPS) is 12.3. The van der Waals surface area contributed by atoms with Gasteiger partial charge >= 0.3 is 0 Å². The molecule has 0 aliphatic heterocycles. The first-order valence-corrected chi connectivity index (χ1v) is 11.6. The van der Waals surface area contributed by atoms with Gasteiger partial charge in [-0.25, -0.2) is 4.98 Å². The minimum atomic E-state index is -0.0332. The molecule has 1 unspecified atom stereocenters. The highest BCUT2D eigenvalue weighted by atomic mass is 32.2. The second kappa shape index (κ2) is 9.76. The van der Waals surface area contributed by atoms with E-state index in [-0.39, 0.29) is 17.7 Å². The number of aliphatic imine (C=N–C) groups is 1. The Kier molecular flexibility index (Phi) is 6.64. The maximum absolute atomic E-state index is 12.3. The average Bonchev–Trinajstić information content (AvgIpc) is 3.20. The van der Waals surface area contributed by atoms with Crippen molar-refractivity contribution in [2.45, 2.75) is 17.3 Å². The number of hydrogen-bond acceptors (Lipinski definition) is 6. The van der Waals surface area contributed by atoms with Crippen molar-refractivity contribution >= 4 is 51.1 Å². The van der Waals surface area contributed by atoms with Crippen molar-refractivity contribution in [2.24, 2.45) is 4.99 Å². The van der Waals surface area contributed by atoms with Crippen LogP contribution in [-0.4, -0.2) is 28.0 Å². The summed E-state index contributed by atoms with van der Waals surface area (Å²) in [4.78, 5) is 21.4. The van der Waals surface area contributed by atoms with Gasteiger partial charge in [0.25, 0.3) is 0 Å². The van der Waals surface area contributed by atoms with Crippen LogP contribution in [0.3, 0.4) is 0 Å². The lowest BCUT2D eigenvalue weighted by Crippen LogP contribution is -2.28. The summed E-state index contributed by atoms with van der Waals surface area (Å²) in [6, 6.07) is 22.7. The fourth-order valence-electron chi connectivity index (χ4n) is 3.01. The summed E-state index contributed by atoms with van der Waals surface area (Å²) in [6.07, 6.45) is 1.64. The van der Waals surface area contributed by atoms with Crippen LogP contribution in [0.2, 0.25) is 0 Å². The fraction of sp³-hybridized carbons (Fsp3) is 0.125. The van der Waals surface area contributed by atoms with E-state index in [9.17, 15) is 9.90 Å². The molecule has 5 nitrogen and oxygen atoms in total. The number of phenols is 1. The molecule has 0 aliphatic rings. The third-order valence-electron chi connectivity index (χ3n) is 4.65. The molecule has 0 spiro atoms. The second-order valence-electron chi connectivity index (χ2n) is 6.94. The van der Waals surface area contributed by atoms with Crippen LogP contribution in [0.15, 0.2) is 82.1 Å². The first-order valence-electron chi connectivity index (χ1n) is 9.78. The van der Waals surface area contributed by atoms with Crippen molar-refractivity contribution in [1.29, 1.82) is 0 Å². The van der Waals surface area contributed by atoms with Gasteiger partial charge < -0.3 is 10.4 Å². The monoisotopic (exact) mass is 447 g/mol. The Bertz CT molecular complexity index is 1220. The van der Waals surface area contributed by atoms with Crippen molar-refractivity contribution in [1.82, 2.24) is 10.3 Å². The fourth-order valence-corrected chi connectivity index (χ4v) is 4.92. The highest BCUT2D eigenvalue weighted by Gasteiger charge is 2.12. The molecule has 4 rings (SSSR count). The summed E-state index contributed by atoms with van der Waals surface area (Å²) in [5.41, 5.74) is 3.41. The number of aromatic nitrogens is 1. The topological polar surface area (TPSA) is 74.6 Å². The maximum atomic E-state index is 12.3. The minimum Gasteiger partial charge on any atom is -0.507 e. The van der Waals surface area contributed by atoms with Crippen LogP contribution in [0.5, 0.6) is 5.75 Å². The summed E-state index contributed by atoms with van der Waals surface area (Å²) in [5, 5.41) is 12.9. The van der Waals surface area contributed by atoms with Gasteiger partial charge in [0.05, 0.1) is 27.7 Å². The first kappa shape index (κ1) is 21.1. The van der Waals surface area contributed by atoms with Crippen LogP contribution in [0, 0.1) is 0 Å². The Morgan fingerprint density at radius 2 is 1.94 bits per heavy atom. The number of benzene rings is 3. The van der Waals surface area contributed by atoms with E-state index in [1.54, 1.807) is 29.7 Å². The number of hydrogen-bond donors (Lipinski definition) is 2. The van der Waals surface area contributed by atoms with Gasteiger partial charge in [-0.05, 0) is 42.8 Å². The standard InChI is InChI=1S/C24H21N3O2S2/c1-16(17-7-3-2-4-8-17)26-23(29)15-30-24-27-20-12-11-19(13-22(20)31-24)25-14-18-9-5-6-10-21(18)28/h2-14,16,28H,15H2,1H3,(H,26,29). The zero-order valence-electron chi connectivity index (χ0n) is 16.9. The summed E-state index contributed by atoms with van der Waals surface area (Å²) in [5.74, 6) is 0.493. The first-order chi connectivity index (χ1) is 15.1. The lowest BCUT2D eigenvalue weighted by Gasteiger charge is -2.13. The predicted octanol–water partition coefficient (Wildman–Crippen LogP) is 5.72. The van der Waals surface area contributed by atoms with Gasteiger partial charge in [-0.2, -0.15) is 0 Å². The molecule has 7 heteroatoms. The number of carbonyl (C=O) groups is 1. The number of rotatable bonds is 7. The molecule has 0 saturated carbocycles. The number of para-hydroxylation sites is 1. The van der Waals surface area contributed by atoms with E-state index in [4.69, 9.17) is 0 Å². The molecular weight excluding hydrogens is 426 g/mol. The molecule has 4 aromatic rings. The van der Waals surface area contributed by atoms with Gasteiger partial charge in [0.2, 0.25) is 5.91 Å². The molecule has 0 fully saturated rings. The van der Waals surface area contributed by atoms with E-state index >= 15 is 0 Å². The quantitative estimate of drug-likeness (QED) is 0.281. The van der Waals surface area contributed by atoms with Crippen LogP contribution in [-0.2, 0) is 4.79 Å². The van der Waals surface area contributed by atoms with Crippen molar-refractivity contribution in [3.05, 3.63) is 83.9 Å². The molecule has 0 aliphatic carbocycles. The van der Waals surface area contributed by atoms with Gasteiger partial charge in [0, 0.05) is 11.8 Å².